The van der Waals surface area contributed by atoms with E-state index in [4.69, 9.17) is 0 Å². The predicted molar refractivity (Wildman–Crippen MR) is 347 cm³/mol. The Bertz CT molecular complexity index is 3950. The molecule has 0 N–H and O–H groups in total. The monoisotopic (exact) mass is 1110 g/mol. The maximum Gasteiger partial charge on any atom is 0.148 e. The van der Waals surface area contributed by atoms with Gasteiger partial charge in [0.1, 0.15) is 49.4 Å². The molecule has 15 rings (SSSR count). The van der Waals surface area contributed by atoms with E-state index in [9.17, 15) is 0 Å². The van der Waals surface area contributed by atoms with Crippen LogP contribution in [0.2, 0.25) is 0 Å². The van der Waals surface area contributed by atoms with Gasteiger partial charge in [-0.25, -0.2) is 54.8 Å². The maximum atomic E-state index is 4.49. The summed E-state index contributed by atoms with van der Waals surface area (Å²) in [5, 5.41) is 4.57. The normalized spacial score (nSPS) is 9.96. The smallest absolute Gasteiger partial charge is 0.148 e. The van der Waals surface area contributed by atoms with Gasteiger partial charge in [-0.15, -0.1) is 0 Å². The molecule has 0 aliphatic heterocycles. The van der Waals surface area contributed by atoms with Crippen LogP contribution in [0.4, 0.5) is 0 Å². The fourth-order valence-corrected chi connectivity index (χ4v) is 9.04. The third-order valence-electron chi connectivity index (χ3n) is 12.4. The molecular weight excluding hydrogens is 1040 g/mol. The van der Waals surface area contributed by atoms with Crippen LogP contribution in [0.3, 0.4) is 0 Å². The second-order valence-corrected chi connectivity index (χ2v) is 17.0. The first-order valence-corrected chi connectivity index (χ1v) is 28.3. The summed E-state index contributed by atoms with van der Waals surface area (Å²) in [4.78, 5) is 44.4. The Morgan fingerprint density at radius 3 is 1.10 bits per heavy atom. The molecule has 0 fully saturated rings. The van der Waals surface area contributed by atoms with Gasteiger partial charge in [0.25, 0.3) is 0 Å². The van der Waals surface area contributed by atoms with Gasteiger partial charge in [-0.1, -0.05) is 189 Å². The van der Waals surface area contributed by atoms with Gasteiger partial charge in [0.05, 0.1) is 51.0 Å². The lowest BCUT2D eigenvalue weighted by molar-refractivity contribution is 0.974. The van der Waals surface area contributed by atoms with Crippen LogP contribution in [0.1, 0.15) is 61.2 Å². The molecule has 84 heavy (non-hydrogen) atoms. The molecule has 7 aromatic carbocycles. The van der Waals surface area contributed by atoms with E-state index in [0.717, 1.165) is 83.3 Å². The van der Waals surface area contributed by atoms with Gasteiger partial charge >= 0.3 is 0 Å². The number of nitrogens with zero attached hydrogens (tertiary/aromatic N) is 14. The van der Waals surface area contributed by atoms with Crippen molar-refractivity contribution in [1.82, 2.24) is 68.5 Å². The van der Waals surface area contributed by atoms with Gasteiger partial charge in [-0.3, -0.25) is 4.57 Å². The Labute approximate surface area is 491 Å². The highest BCUT2D eigenvalue weighted by Gasteiger charge is 2.15. The van der Waals surface area contributed by atoms with E-state index in [-0.39, 0.29) is 0 Å². The number of aryl methyl sites for hydroxylation is 1. The minimum absolute atomic E-state index is 0.759. The van der Waals surface area contributed by atoms with Gasteiger partial charge < -0.3 is 9.13 Å². The van der Waals surface area contributed by atoms with Crippen LogP contribution in [0, 0.1) is 6.92 Å². The van der Waals surface area contributed by atoms with Crippen LogP contribution in [-0.4, -0.2) is 68.5 Å². The van der Waals surface area contributed by atoms with E-state index < -0.39 is 0 Å². The maximum absolute atomic E-state index is 4.49. The Kier molecular flexibility index (Phi) is 23.6. The number of rotatable bonds is 4. The molecule has 0 atom stereocenters. The number of hydrogen-bond acceptors (Lipinski definition) is 11. The molecule has 0 saturated carbocycles. The lowest BCUT2D eigenvalue weighted by atomic mass is 10.1. The Hall–Kier alpha value is -10.7. The fourth-order valence-electron chi connectivity index (χ4n) is 9.04. The second kappa shape index (κ2) is 32.5. The van der Waals surface area contributed by atoms with Gasteiger partial charge in [0.2, 0.25) is 0 Å². The number of benzene rings is 7. The van der Waals surface area contributed by atoms with E-state index >= 15 is 0 Å². The third-order valence-corrected chi connectivity index (χ3v) is 12.4. The van der Waals surface area contributed by atoms with Crippen molar-refractivity contribution in [3.05, 3.63) is 269 Å². The summed E-state index contributed by atoms with van der Waals surface area (Å²) >= 11 is 0. The predicted octanol–water partition coefficient (Wildman–Crippen LogP) is 17.1. The first-order chi connectivity index (χ1) is 41.7. The molecule has 15 aromatic rings. The van der Waals surface area contributed by atoms with Crippen molar-refractivity contribution in [3.63, 3.8) is 0 Å². The average molecular weight is 1110 g/mol. The number of para-hydroxylation sites is 5. The van der Waals surface area contributed by atoms with Crippen molar-refractivity contribution in [3.8, 4) is 28.2 Å². The molecule has 0 unspecified atom stereocenters. The van der Waals surface area contributed by atoms with Crippen LogP contribution < -0.4 is 0 Å². The quantitative estimate of drug-likeness (QED) is 0.165. The molecule has 14 heteroatoms. The van der Waals surface area contributed by atoms with Crippen molar-refractivity contribution in [1.29, 1.82) is 0 Å². The topological polar surface area (TPSA) is 157 Å². The average Bonchev–Trinajstić information content (AvgIpc) is 2.50. The Morgan fingerprint density at radius 2 is 0.643 bits per heavy atom. The lowest BCUT2D eigenvalue weighted by Gasteiger charge is -2.08. The van der Waals surface area contributed by atoms with Crippen LogP contribution in [0.15, 0.2) is 263 Å². The summed E-state index contributed by atoms with van der Waals surface area (Å²) in [5.41, 5.74) is 14.2. The number of fused-ring (bicyclic) bond motifs is 9. The zero-order chi connectivity index (χ0) is 59.3. The molecule has 0 spiro atoms. The van der Waals surface area contributed by atoms with Crippen molar-refractivity contribution in [2.75, 3.05) is 0 Å². The van der Waals surface area contributed by atoms with E-state index in [2.05, 4.69) is 184 Å². The van der Waals surface area contributed by atoms with Gasteiger partial charge in [0.15, 0.2) is 0 Å². The molecule has 0 bridgehead atoms. The third kappa shape index (κ3) is 14.6. The fraction of sp³-hybridized carbons (Fsp3) is 0.129. The zero-order valence-corrected chi connectivity index (χ0v) is 49.1. The highest BCUT2D eigenvalue weighted by molar-refractivity contribution is 6.08. The largest absolute Gasteiger partial charge is 0.306 e. The molecule has 0 amide bonds. The summed E-state index contributed by atoms with van der Waals surface area (Å²) < 4.78 is 6.59. The van der Waals surface area contributed by atoms with Crippen molar-refractivity contribution in [2.24, 2.45) is 0 Å². The molecule has 8 heterocycles. The van der Waals surface area contributed by atoms with Crippen LogP contribution in [-0.2, 0) is 0 Å². The molecule has 0 saturated heterocycles. The Morgan fingerprint density at radius 1 is 0.262 bits per heavy atom. The molecule has 8 aromatic heterocycles. The van der Waals surface area contributed by atoms with E-state index in [0.29, 0.717) is 0 Å². The van der Waals surface area contributed by atoms with Gasteiger partial charge in [-0.2, -0.15) is 0 Å². The van der Waals surface area contributed by atoms with Gasteiger partial charge in [-0.05, 0) is 78.7 Å². The first kappa shape index (κ1) is 60.9. The molecule has 0 aliphatic carbocycles. The van der Waals surface area contributed by atoms with E-state index in [1.165, 1.54) is 35.5 Å². The van der Waals surface area contributed by atoms with E-state index in [1.807, 2.05) is 154 Å². The van der Waals surface area contributed by atoms with E-state index in [1.54, 1.807) is 37.4 Å². The molecular formula is C70H70N14. The van der Waals surface area contributed by atoms with Crippen LogP contribution in [0.5, 0.6) is 0 Å². The summed E-state index contributed by atoms with van der Waals surface area (Å²) in [6.07, 6.45) is 18.3. The minimum atomic E-state index is 0.759. The first-order valence-electron chi connectivity index (χ1n) is 28.3. The van der Waals surface area contributed by atoms with Crippen molar-refractivity contribution in [2.45, 2.75) is 62.3 Å². The number of aromatic nitrogens is 14. The minimum Gasteiger partial charge on any atom is -0.306 e. The summed E-state index contributed by atoms with van der Waals surface area (Å²) in [6, 6.07) is 66.4. The highest BCUT2D eigenvalue weighted by Crippen LogP contribution is 2.33. The lowest BCUT2D eigenvalue weighted by Crippen LogP contribution is -1.94. The second-order valence-electron chi connectivity index (χ2n) is 17.0. The molecule has 420 valence electrons. The summed E-state index contributed by atoms with van der Waals surface area (Å²) in [6.45, 7) is 17.8. The van der Waals surface area contributed by atoms with Gasteiger partial charge in [0, 0.05) is 57.2 Å². The SMILES string of the molecule is CC.CC.CC.CC.Cc1ncncn1.c1ccc(-c2ccc(-n3c4ccccc4c4ncncc43)cc2)cc1.c1ccc(-n2c3ccccc3c3cncnc32)cc1.c1ccc(-n2c3ccccc3c3ncncc32)cc1.c1cncnc1. The molecule has 0 aliphatic rings. The standard InChI is InChI=1S/C22H15N3.2C16H11N3.C4H5N3.C4H4N2.4C2H6/c1-2-6-16(7-3-1)17-10-12-18(13-11-17)25-20-9-5-4-8-19(20)22-21(25)14-23-15-24-22;1-2-6-12(7-3-1)19-15-9-5-4-8-13(15)14-10-17-11-18-16(14)19;1-2-6-12(7-3-1)19-14-9-5-4-8-13(14)16-15(19)10-17-11-18-16;1-4-6-2-5-3-7-4;1-2-5-4-6-3-1;4*1-2/h1-15H;2*1-11H;2-3H,1H3;1-4H;4*1-2H3. The number of hydrogen-bond donors (Lipinski definition) is 0. The molecule has 0 radical (unpaired) electrons. The van der Waals surface area contributed by atoms with Crippen LogP contribution >= 0.6 is 0 Å². The highest BCUT2D eigenvalue weighted by atomic mass is 15.1. The molecule has 14 nitrogen and oxygen atoms in total. The van der Waals surface area contributed by atoms with Crippen molar-refractivity contribution < 1.29 is 0 Å². The summed E-state index contributed by atoms with van der Waals surface area (Å²) in [5.74, 6) is 0.759. The Balaban J connectivity index is 0.000000156. The zero-order valence-electron chi connectivity index (χ0n) is 49.1. The summed E-state index contributed by atoms with van der Waals surface area (Å²) in [7, 11) is 0. The van der Waals surface area contributed by atoms with Crippen LogP contribution in [0.25, 0.3) is 94.0 Å². The van der Waals surface area contributed by atoms with Crippen molar-refractivity contribution >= 4 is 65.8 Å².